The maximum Gasteiger partial charge on any atom is 0.303 e. The van der Waals surface area contributed by atoms with Gasteiger partial charge in [-0.1, -0.05) is 20.3 Å². The Balaban J connectivity index is 2.35. The lowest BCUT2D eigenvalue weighted by atomic mass is 10.2. The van der Waals surface area contributed by atoms with Gasteiger partial charge in [-0.15, -0.1) is 0 Å². The molecule has 1 rings (SSSR count). The van der Waals surface area contributed by atoms with Crippen molar-refractivity contribution in [1.29, 1.82) is 0 Å². The van der Waals surface area contributed by atoms with Crippen LogP contribution in [0.25, 0.3) is 0 Å². The minimum atomic E-state index is -0.771. The molecule has 0 unspecified atom stereocenters. The van der Waals surface area contributed by atoms with Crippen LogP contribution in [0.3, 0.4) is 0 Å². The molecule has 0 fully saturated rings. The van der Waals surface area contributed by atoms with Crippen LogP contribution in [0.1, 0.15) is 55.6 Å². The van der Waals surface area contributed by atoms with Crippen LogP contribution >= 0.6 is 0 Å². The molecule has 1 amide bonds. The Labute approximate surface area is 125 Å². The number of hydrogen-bond donors (Lipinski definition) is 2. The van der Waals surface area contributed by atoms with E-state index in [0.29, 0.717) is 24.4 Å². The molecule has 0 bridgehead atoms. The minimum absolute atomic E-state index is 0.110. The molecule has 21 heavy (non-hydrogen) atoms. The van der Waals surface area contributed by atoms with Gasteiger partial charge in [-0.05, 0) is 25.7 Å². The summed E-state index contributed by atoms with van der Waals surface area (Å²) in [6.45, 7) is 7.48. The van der Waals surface area contributed by atoms with E-state index in [9.17, 15) is 9.59 Å². The Morgan fingerprint density at radius 3 is 2.67 bits per heavy atom. The number of carbonyl (C=O) groups is 2. The normalized spacial score (nSPS) is 10.9. The predicted octanol–water partition coefficient (Wildman–Crippen LogP) is 2.22. The van der Waals surface area contributed by atoms with Gasteiger partial charge in [0.15, 0.2) is 0 Å². The van der Waals surface area contributed by atoms with Gasteiger partial charge in [0, 0.05) is 25.2 Å². The fourth-order valence-corrected chi connectivity index (χ4v) is 2.07. The summed E-state index contributed by atoms with van der Waals surface area (Å²) >= 11 is 0. The van der Waals surface area contributed by atoms with Crippen molar-refractivity contribution in [2.75, 3.05) is 6.54 Å². The summed E-state index contributed by atoms with van der Waals surface area (Å²) in [7, 11) is 0. The third-order valence-corrected chi connectivity index (χ3v) is 3.24. The molecule has 0 saturated heterocycles. The van der Waals surface area contributed by atoms with Crippen LogP contribution in [0.15, 0.2) is 6.20 Å². The molecule has 0 aliphatic rings. The molecule has 0 atom stereocenters. The second-order valence-corrected chi connectivity index (χ2v) is 5.68. The molecule has 1 aromatic heterocycles. The van der Waals surface area contributed by atoms with Crippen LogP contribution in [0.4, 0.5) is 0 Å². The maximum absolute atomic E-state index is 12.0. The summed E-state index contributed by atoms with van der Waals surface area (Å²) in [4.78, 5) is 22.4. The number of unbranched alkanes of at least 4 members (excludes halogenated alkanes) is 2. The van der Waals surface area contributed by atoms with Gasteiger partial charge >= 0.3 is 5.97 Å². The van der Waals surface area contributed by atoms with Gasteiger partial charge in [0.05, 0.1) is 11.8 Å². The van der Waals surface area contributed by atoms with Crippen LogP contribution in [0, 0.1) is 12.8 Å². The minimum Gasteiger partial charge on any atom is -0.481 e. The highest BCUT2D eigenvalue weighted by Crippen LogP contribution is 2.09. The molecule has 6 nitrogen and oxygen atoms in total. The molecule has 0 spiro atoms. The Bertz CT molecular complexity index is 481. The van der Waals surface area contributed by atoms with E-state index in [0.717, 1.165) is 25.1 Å². The highest BCUT2D eigenvalue weighted by atomic mass is 16.4. The number of hydrogen-bond acceptors (Lipinski definition) is 3. The van der Waals surface area contributed by atoms with Crippen molar-refractivity contribution in [1.82, 2.24) is 15.1 Å². The highest BCUT2D eigenvalue weighted by Gasteiger charge is 2.14. The number of nitrogens with zero attached hydrogens (tertiary/aromatic N) is 2. The summed E-state index contributed by atoms with van der Waals surface area (Å²) in [5, 5.41) is 15.6. The van der Waals surface area contributed by atoms with Crippen molar-refractivity contribution in [3.63, 3.8) is 0 Å². The van der Waals surface area contributed by atoms with Gasteiger partial charge in [-0.2, -0.15) is 5.10 Å². The molecular formula is C15H25N3O3. The third kappa shape index (κ3) is 5.97. The first-order chi connectivity index (χ1) is 9.91. The van der Waals surface area contributed by atoms with Gasteiger partial charge in [0.25, 0.3) is 5.91 Å². The van der Waals surface area contributed by atoms with Gasteiger partial charge in [0.2, 0.25) is 0 Å². The van der Waals surface area contributed by atoms with Crippen LogP contribution in [-0.2, 0) is 11.3 Å². The number of amides is 1. The second-order valence-electron chi connectivity index (χ2n) is 5.68. The number of nitrogens with one attached hydrogen (secondary N) is 1. The Hall–Kier alpha value is -1.85. The lowest BCUT2D eigenvalue weighted by Crippen LogP contribution is -2.25. The zero-order valence-corrected chi connectivity index (χ0v) is 13.1. The zero-order valence-electron chi connectivity index (χ0n) is 13.1. The maximum atomic E-state index is 12.0. The SMILES string of the molecule is Cc1c(C(=O)NCCCCCC(=O)O)cnn1CC(C)C. The second kappa shape index (κ2) is 8.44. The van der Waals surface area contributed by atoms with Gasteiger partial charge in [-0.25, -0.2) is 0 Å². The zero-order chi connectivity index (χ0) is 15.8. The first-order valence-corrected chi connectivity index (χ1v) is 7.44. The van der Waals surface area contributed by atoms with Crippen molar-refractivity contribution in [2.24, 2.45) is 5.92 Å². The number of carboxylic acid groups (broad SMARTS) is 1. The lowest BCUT2D eigenvalue weighted by Gasteiger charge is -2.08. The molecule has 2 N–H and O–H groups in total. The quantitative estimate of drug-likeness (QED) is 0.684. The first kappa shape index (κ1) is 17.2. The molecule has 6 heteroatoms. The van der Waals surface area contributed by atoms with Crippen LogP contribution in [0.5, 0.6) is 0 Å². The predicted molar refractivity (Wildman–Crippen MR) is 80.2 cm³/mol. The lowest BCUT2D eigenvalue weighted by molar-refractivity contribution is -0.137. The average Bonchev–Trinajstić information content (AvgIpc) is 2.74. The van der Waals surface area contributed by atoms with E-state index >= 15 is 0 Å². The standard InChI is InChI=1S/C15H25N3O3/c1-11(2)10-18-12(3)13(9-17-18)15(21)16-8-6-4-5-7-14(19)20/h9,11H,4-8,10H2,1-3H3,(H,16,21)(H,19,20). The van der Waals surface area contributed by atoms with Crippen molar-refractivity contribution in [3.05, 3.63) is 17.5 Å². The van der Waals surface area contributed by atoms with Gasteiger partial charge in [0.1, 0.15) is 0 Å². The van der Waals surface area contributed by atoms with Gasteiger partial charge < -0.3 is 10.4 Å². The summed E-state index contributed by atoms with van der Waals surface area (Å²) in [5.74, 6) is -0.401. The van der Waals surface area contributed by atoms with Gasteiger partial charge in [-0.3, -0.25) is 14.3 Å². The van der Waals surface area contributed by atoms with E-state index in [-0.39, 0.29) is 12.3 Å². The van der Waals surface area contributed by atoms with Crippen LogP contribution in [0.2, 0.25) is 0 Å². The molecule has 1 heterocycles. The smallest absolute Gasteiger partial charge is 0.303 e. The molecular weight excluding hydrogens is 270 g/mol. The summed E-state index contributed by atoms with van der Waals surface area (Å²) in [6.07, 6.45) is 4.04. The fraction of sp³-hybridized carbons (Fsp3) is 0.667. The Kier molecular flexibility index (Phi) is 6.91. The van der Waals surface area contributed by atoms with E-state index in [1.807, 2.05) is 11.6 Å². The summed E-state index contributed by atoms with van der Waals surface area (Å²) in [6, 6.07) is 0. The molecule has 0 aromatic carbocycles. The monoisotopic (exact) mass is 295 g/mol. The fourth-order valence-electron chi connectivity index (χ4n) is 2.07. The van der Waals surface area contributed by atoms with Crippen LogP contribution < -0.4 is 5.32 Å². The van der Waals surface area contributed by atoms with E-state index < -0.39 is 5.97 Å². The highest BCUT2D eigenvalue weighted by molar-refractivity contribution is 5.94. The van der Waals surface area contributed by atoms with E-state index in [1.54, 1.807) is 6.20 Å². The number of carbonyl (C=O) groups excluding carboxylic acids is 1. The molecule has 0 radical (unpaired) electrons. The summed E-state index contributed by atoms with van der Waals surface area (Å²) < 4.78 is 1.85. The number of aliphatic carboxylic acids is 1. The van der Waals surface area contributed by atoms with Crippen LogP contribution in [-0.4, -0.2) is 33.3 Å². The van der Waals surface area contributed by atoms with Crippen molar-refractivity contribution >= 4 is 11.9 Å². The molecule has 0 aliphatic carbocycles. The van der Waals surface area contributed by atoms with E-state index in [4.69, 9.17) is 5.11 Å². The molecule has 1 aromatic rings. The average molecular weight is 295 g/mol. The van der Waals surface area contributed by atoms with Crippen molar-refractivity contribution in [2.45, 2.75) is 53.0 Å². The van der Waals surface area contributed by atoms with E-state index in [2.05, 4.69) is 24.3 Å². The number of carboxylic acids is 1. The largest absolute Gasteiger partial charge is 0.481 e. The van der Waals surface area contributed by atoms with E-state index in [1.165, 1.54) is 0 Å². The van der Waals surface area contributed by atoms with Crippen molar-refractivity contribution < 1.29 is 14.7 Å². The Morgan fingerprint density at radius 1 is 1.33 bits per heavy atom. The Morgan fingerprint density at radius 2 is 2.05 bits per heavy atom. The number of aromatic nitrogens is 2. The molecule has 0 saturated carbocycles. The molecule has 118 valence electrons. The summed E-state index contributed by atoms with van der Waals surface area (Å²) in [5.41, 5.74) is 1.49. The van der Waals surface area contributed by atoms with Crippen molar-refractivity contribution in [3.8, 4) is 0 Å². The molecule has 0 aliphatic heterocycles. The number of rotatable bonds is 9. The topological polar surface area (TPSA) is 84.2 Å². The third-order valence-electron chi connectivity index (χ3n) is 3.24. The first-order valence-electron chi connectivity index (χ1n) is 7.44.